The van der Waals surface area contributed by atoms with Crippen LogP contribution in [0.4, 0.5) is 0 Å². The smallest absolute Gasteiger partial charge is 0.164 e. The fraction of sp³-hybridized carbons (Fsp3) is 0.405. The molecular weight excluding hydrogens is 683 g/mol. The molecule has 0 saturated heterocycles. The van der Waals surface area contributed by atoms with E-state index in [9.17, 15) is 9.90 Å². The van der Waals surface area contributed by atoms with E-state index in [2.05, 4.69) is 81.4 Å². The van der Waals surface area contributed by atoms with Crippen LogP contribution in [-0.2, 0) is 30.3 Å². The van der Waals surface area contributed by atoms with Crippen LogP contribution in [-0.4, -0.2) is 15.9 Å². The van der Waals surface area contributed by atoms with E-state index >= 15 is 0 Å². The molecule has 1 heterocycles. The normalized spacial score (nSPS) is 12.2. The number of para-hydroxylation sites is 1. The maximum atomic E-state index is 12.0. The second-order valence-corrected chi connectivity index (χ2v) is 12.0. The zero-order chi connectivity index (χ0) is 29.5. The summed E-state index contributed by atoms with van der Waals surface area (Å²) >= 11 is 0. The molecule has 0 bridgehead atoms. The van der Waals surface area contributed by atoms with Crippen LogP contribution in [0.2, 0.25) is 0 Å². The number of ketones is 1. The summed E-state index contributed by atoms with van der Waals surface area (Å²) in [6.07, 6.45) is 4.83. The number of benzene rings is 3. The summed E-state index contributed by atoms with van der Waals surface area (Å²) in [6, 6.07) is 26.8. The number of allylic oxidation sites excluding steroid dienone is 2. The summed E-state index contributed by atoms with van der Waals surface area (Å²) in [7, 11) is 0. The van der Waals surface area contributed by atoms with Gasteiger partial charge in [-0.05, 0) is 42.6 Å². The number of carbonyl (C=O) groups is 1. The molecule has 0 atom stereocenters. The number of pyridine rings is 1. The number of nitrogens with zero attached hydrogens (tertiary/aromatic N) is 1. The molecule has 41 heavy (non-hydrogen) atoms. The Bertz CT molecular complexity index is 1470. The SMILES string of the molecule is CC(C)(C)c1cc(-c2ccc3ccccc3n2)[c-]c2ccccc12.CCC(CC)/C(O)=C/C(=O)C(C)(CC)CC.[Ir]. The van der Waals surface area contributed by atoms with Crippen molar-refractivity contribution in [1.29, 1.82) is 0 Å². The number of aliphatic hydroxyl groups excluding tert-OH is 1. The second kappa shape index (κ2) is 14.9. The minimum atomic E-state index is -0.319. The summed E-state index contributed by atoms with van der Waals surface area (Å²) in [5.74, 6) is 0.437. The van der Waals surface area contributed by atoms with Crippen molar-refractivity contribution in [3.05, 3.63) is 90.2 Å². The first-order valence-corrected chi connectivity index (χ1v) is 14.7. The van der Waals surface area contributed by atoms with Gasteiger partial charge in [0.15, 0.2) is 5.78 Å². The van der Waals surface area contributed by atoms with Gasteiger partial charge >= 0.3 is 0 Å². The van der Waals surface area contributed by atoms with E-state index in [-0.39, 0.29) is 48.4 Å². The largest absolute Gasteiger partial charge is 0.512 e. The van der Waals surface area contributed by atoms with Crippen molar-refractivity contribution < 1.29 is 30.0 Å². The molecule has 0 spiro atoms. The van der Waals surface area contributed by atoms with E-state index in [0.29, 0.717) is 0 Å². The topological polar surface area (TPSA) is 50.2 Å². The summed E-state index contributed by atoms with van der Waals surface area (Å²) in [6.45, 7) is 16.8. The van der Waals surface area contributed by atoms with E-state index in [1.165, 1.54) is 17.0 Å². The van der Waals surface area contributed by atoms with Crippen LogP contribution >= 0.6 is 0 Å². The van der Waals surface area contributed by atoms with E-state index in [1.807, 2.05) is 46.8 Å². The molecule has 0 saturated carbocycles. The first kappa shape index (κ1) is 34.4. The van der Waals surface area contributed by atoms with Gasteiger partial charge in [0.05, 0.1) is 11.3 Å². The molecule has 0 fully saturated rings. The molecule has 3 nitrogen and oxygen atoms in total. The standard InChI is InChI=1S/C23H20N.C14H26O2.Ir/c1-23(2,3)20-15-18(14-17-9-4-6-10-19(17)20)22-13-12-16-8-5-7-11-21(16)24-22;1-6-11(7-2)12(15)10-13(16)14(5,8-3)9-4;/h4-13,15H,1-3H3;10-11,15H,6-9H2,1-5H3;/q-1;;/b;12-10-;. The third-order valence-corrected chi connectivity index (χ3v) is 8.30. The van der Waals surface area contributed by atoms with Crippen LogP contribution in [0.1, 0.15) is 86.6 Å². The number of aromatic nitrogens is 1. The fourth-order valence-corrected chi connectivity index (χ4v) is 4.94. The van der Waals surface area contributed by atoms with Crippen LogP contribution in [0.25, 0.3) is 32.9 Å². The Morgan fingerprint density at radius 1 is 0.902 bits per heavy atom. The van der Waals surface area contributed by atoms with Gasteiger partial charge in [-0.2, -0.15) is 0 Å². The van der Waals surface area contributed by atoms with Crippen molar-refractivity contribution in [3.8, 4) is 11.3 Å². The second-order valence-electron chi connectivity index (χ2n) is 12.0. The van der Waals surface area contributed by atoms with Gasteiger partial charge in [-0.15, -0.1) is 29.1 Å². The van der Waals surface area contributed by atoms with Gasteiger partial charge in [0.1, 0.15) is 0 Å². The Balaban J connectivity index is 0.000000306. The minimum Gasteiger partial charge on any atom is -0.512 e. The first-order chi connectivity index (χ1) is 19.0. The molecule has 1 N–H and O–H groups in total. The van der Waals surface area contributed by atoms with Crippen LogP contribution in [0.5, 0.6) is 0 Å². The van der Waals surface area contributed by atoms with Gasteiger partial charge in [0, 0.05) is 43.2 Å². The van der Waals surface area contributed by atoms with Gasteiger partial charge in [0.2, 0.25) is 0 Å². The minimum absolute atomic E-state index is 0. The van der Waals surface area contributed by atoms with Crippen molar-refractivity contribution in [3.63, 3.8) is 0 Å². The Kier molecular flexibility index (Phi) is 12.5. The van der Waals surface area contributed by atoms with Crippen molar-refractivity contribution in [2.24, 2.45) is 11.3 Å². The molecule has 1 aromatic heterocycles. The van der Waals surface area contributed by atoms with Crippen LogP contribution < -0.4 is 0 Å². The summed E-state index contributed by atoms with van der Waals surface area (Å²) in [4.78, 5) is 16.9. The molecule has 1 radical (unpaired) electrons. The molecule has 221 valence electrons. The number of hydrogen-bond donors (Lipinski definition) is 1. The van der Waals surface area contributed by atoms with E-state index in [4.69, 9.17) is 4.98 Å². The molecule has 3 aromatic carbocycles. The fourth-order valence-electron chi connectivity index (χ4n) is 4.94. The average Bonchev–Trinajstić information content (AvgIpc) is 2.96. The van der Waals surface area contributed by atoms with Crippen LogP contribution in [0.3, 0.4) is 0 Å². The Labute approximate surface area is 260 Å². The summed E-state index contributed by atoms with van der Waals surface area (Å²) < 4.78 is 0. The number of rotatable bonds is 8. The molecule has 0 unspecified atom stereocenters. The number of hydrogen-bond acceptors (Lipinski definition) is 3. The zero-order valence-corrected chi connectivity index (χ0v) is 28.4. The maximum absolute atomic E-state index is 12.0. The van der Waals surface area contributed by atoms with Crippen LogP contribution in [0.15, 0.2) is 78.6 Å². The Hall–Kier alpha value is -2.81. The number of aliphatic hydroxyl groups is 1. The quantitative estimate of drug-likeness (QED) is 0.112. The van der Waals surface area contributed by atoms with Gasteiger partial charge in [-0.25, -0.2) is 0 Å². The summed E-state index contributed by atoms with van der Waals surface area (Å²) in [5.41, 5.74) is 4.14. The zero-order valence-electron chi connectivity index (χ0n) is 26.0. The van der Waals surface area contributed by atoms with Crippen molar-refractivity contribution in [1.82, 2.24) is 4.98 Å². The van der Waals surface area contributed by atoms with Gasteiger partial charge in [0.25, 0.3) is 0 Å². The monoisotopic (exact) mass is 729 g/mol. The van der Waals surface area contributed by atoms with Crippen molar-refractivity contribution in [2.75, 3.05) is 0 Å². The molecule has 0 aliphatic carbocycles. The van der Waals surface area contributed by atoms with Gasteiger partial charge in [-0.3, -0.25) is 9.78 Å². The average molecular weight is 729 g/mol. The van der Waals surface area contributed by atoms with Crippen molar-refractivity contribution in [2.45, 2.75) is 86.5 Å². The van der Waals surface area contributed by atoms with E-state index in [0.717, 1.165) is 53.2 Å². The predicted molar refractivity (Wildman–Crippen MR) is 171 cm³/mol. The molecule has 4 aromatic rings. The molecule has 4 heteroatoms. The third kappa shape index (κ3) is 8.37. The first-order valence-electron chi connectivity index (χ1n) is 14.7. The Morgan fingerprint density at radius 2 is 1.51 bits per heavy atom. The molecule has 0 aliphatic heterocycles. The maximum Gasteiger partial charge on any atom is 0.164 e. The molecule has 0 aliphatic rings. The van der Waals surface area contributed by atoms with E-state index < -0.39 is 0 Å². The van der Waals surface area contributed by atoms with Crippen molar-refractivity contribution >= 4 is 27.5 Å². The molecule has 4 rings (SSSR count). The van der Waals surface area contributed by atoms with Crippen LogP contribution in [0, 0.1) is 17.4 Å². The summed E-state index contributed by atoms with van der Waals surface area (Å²) in [5, 5.41) is 13.5. The van der Waals surface area contributed by atoms with Gasteiger partial charge < -0.3 is 5.11 Å². The predicted octanol–water partition coefficient (Wildman–Crippen LogP) is 10.4. The third-order valence-electron chi connectivity index (χ3n) is 8.30. The number of fused-ring (bicyclic) bond motifs is 2. The van der Waals surface area contributed by atoms with Gasteiger partial charge in [-0.1, -0.05) is 115 Å². The Morgan fingerprint density at radius 3 is 2.12 bits per heavy atom. The van der Waals surface area contributed by atoms with E-state index in [1.54, 1.807) is 0 Å². The number of carbonyl (C=O) groups excluding carboxylic acids is 1. The molecule has 0 amide bonds. The molecular formula is C37H46IrNO2-.